The highest BCUT2D eigenvalue weighted by Gasteiger charge is 2.29. The van der Waals surface area contributed by atoms with E-state index < -0.39 is 4.92 Å². The van der Waals surface area contributed by atoms with Gasteiger partial charge in [-0.15, -0.1) is 11.3 Å². The van der Waals surface area contributed by atoms with Gasteiger partial charge in [-0.1, -0.05) is 16.8 Å². The van der Waals surface area contributed by atoms with Gasteiger partial charge in [-0.2, -0.15) is 0 Å². The maximum Gasteiger partial charge on any atom is 0.294 e. The van der Waals surface area contributed by atoms with E-state index in [4.69, 9.17) is 16.1 Å². The van der Waals surface area contributed by atoms with E-state index in [-0.39, 0.29) is 11.6 Å². The van der Waals surface area contributed by atoms with E-state index in [1.165, 1.54) is 6.07 Å². The number of hydrogen-bond acceptors (Lipinski definition) is 8. The maximum absolute atomic E-state index is 13.6. The minimum absolute atomic E-state index is 0.0425. The second-order valence-electron chi connectivity index (χ2n) is 8.08. The lowest BCUT2D eigenvalue weighted by Crippen LogP contribution is -2.49. The van der Waals surface area contributed by atoms with Crippen LogP contribution in [0.2, 0.25) is 5.02 Å². The molecule has 3 aromatic heterocycles. The van der Waals surface area contributed by atoms with Crippen molar-refractivity contribution in [3.05, 3.63) is 67.7 Å². The SMILES string of the molecule is Cc1ccc(-c2cc(C(=O)N3CCN(c4ccc(Cl)cc4[N+](=O)[O-])CC3)c3c(C)noc3n2)s1. The molecule has 0 bridgehead atoms. The molecule has 0 N–H and O–H groups in total. The van der Waals surface area contributed by atoms with Crippen LogP contribution >= 0.6 is 22.9 Å². The Morgan fingerprint density at radius 3 is 2.59 bits per heavy atom. The number of aromatic nitrogens is 2. The predicted octanol–water partition coefficient (Wildman–Crippen LogP) is 5.09. The number of piperazine rings is 1. The van der Waals surface area contributed by atoms with Crippen LogP contribution in [0.5, 0.6) is 0 Å². The van der Waals surface area contributed by atoms with E-state index in [0.717, 1.165) is 9.75 Å². The fourth-order valence-corrected chi connectivity index (χ4v) is 5.19. The molecular weight excluding hydrogens is 478 g/mol. The number of thiophene rings is 1. The molecule has 1 aliphatic rings. The molecule has 0 radical (unpaired) electrons. The Kier molecular flexibility index (Phi) is 5.70. The number of pyridine rings is 1. The number of nitro groups is 1. The summed E-state index contributed by atoms with van der Waals surface area (Å²) in [6.45, 7) is 5.56. The van der Waals surface area contributed by atoms with Gasteiger partial charge in [0.15, 0.2) is 0 Å². The molecule has 4 aromatic rings. The molecule has 1 amide bonds. The number of rotatable bonds is 4. The second kappa shape index (κ2) is 8.69. The van der Waals surface area contributed by atoms with Crippen LogP contribution in [0.1, 0.15) is 20.9 Å². The number of nitro benzene ring substituents is 1. The average Bonchev–Trinajstić information content (AvgIpc) is 3.43. The first-order valence-corrected chi connectivity index (χ1v) is 11.8. The lowest BCUT2D eigenvalue weighted by Gasteiger charge is -2.36. The fourth-order valence-electron chi connectivity index (χ4n) is 4.19. The van der Waals surface area contributed by atoms with Crippen molar-refractivity contribution in [3.8, 4) is 10.6 Å². The highest BCUT2D eigenvalue weighted by atomic mass is 35.5. The molecule has 5 rings (SSSR count). The van der Waals surface area contributed by atoms with Crippen molar-refractivity contribution in [2.45, 2.75) is 13.8 Å². The van der Waals surface area contributed by atoms with Gasteiger partial charge >= 0.3 is 0 Å². The van der Waals surface area contributed by atoms with Crippen molar-refractivity contribution in [1.82, 2.24) is 15.0 Å². The molecule has 174 valence electrons. The Morgan fingerprint density at radius 1 is 1.15 bits per heavy atom. The largest absolute Gasteiger partial charge is 0.362 e. The molecule has 11 heteroatoms. The summed E-state index contributed by atoms with van der Waals surface area (Å²) in [4.78, 5) is 35.0. The summed E-state index contributed by atoms with van der Waals surface area (Å²) < 4.78 is 5.41. The zero-order valence-electron chi connectivity index (χ0n) is 18.4. The molecule has 1 aromatic carbocycles. The number of halogens is 1. The molecule has 0 saturated carbocycles. The van der Waals surface area contributed by atoms with Crippen LogP contribution in [0.3, 0.4) is 0 Å². The van der Waals surface area contributed by atoms with Crippen LogP contribution in [-0.4, -0.2) is 52.1 Å². The summed E-state index contributed by atoms with van der Waals surface area (Å²) in [5.41, 5.74) is 2.56. The number of nitrogens with zero attached hydrogens (tertiary/aromatic N) is 5. The summed E-state index contributed by atoms with van der Waals surface area (Å²) in [7, 11) is 0. The van der Waals surface area contributed by atoms with Crippen molar-refractivity contribution < 1.29 is 14.2 Å². The van der Waals surface area contributed by atoms with Gasteiger partial charge in [0.25, 0.3) is 17.3 Å². The number of anilines is 1. The summed E-state index contributed by atoms with van der Waals surface area (Å²) >= 11 is 7.54. The standard InChI is InChI=1S/C23H20ClN5O4S/c1-13-3-6-20(34-13)17-12-16(21-14(2)26-33-22(21)25-17)23(30)28-9-7-27(8-10-28)18-5-4-15(24)11-19(18)29(31)32/h3-6,11-12H,7-10H2,1-2H3. The van der Waals surface area contributed by atoms with Crippen LogP contribution in [0.4, 0.5) is 11.4 Å². The van der Waals surface area contributed by atoms with E-state index in [9.17, 15) is 14.9 Å². The van der Waals surface area contributed by atoms with Gasteiger partial charge in [-0.05, 0) is 44.2 Å². The average molecular weight is 498 g/mol. The Hall–Kier alpha value is -3.50. The third-order valence-corrected chi connectivity index (χ3v) is 7.14. The highest BCUT2D eigenvalue weighted by Crippen LogP contribution is 2.33. The van der Waals surface area contributed by atoms with E-state index >= 15 is 0 Å². The molecule has 0 atom stereocenters. The summed E-state index contributed by atoms with van der Waals surface area (Å²) in [6.07, 6.45) is 0. The Bertz CT molecular complexity index is 1420. The number of carbonyl (C=O) groups excluding carboxylic acids is 1. The van der Waals surface area contributed by atoms with Gasteiger partial charge in [0.1, 0.15) is 5.69 Å². The second-order valence-corrected chi connectivity index (χ2v) is 9.81. The number of hydrogen-bond donors (Lipinski definition) is 0. The van der Waals surface area contributed by atoms with Crippen molar-refractivity contribution in [3.63, 3.8) is 0 Å². The molecule has 34 heavy (non-hydrogen) atoms. The molecule has 0 spiro atoms. The molecule has 1 aliphatic heterocycles. The first-order chi connectivity index (χ1) is 16.3. The van der Waals surface area contributed by atoms with Crippen molar-refractivity contribution in [2.75, 3.05) is 31.1 Å². The minimum atomic E-state index is -0.436. The Morgan fingerprint density at radius 2 is 1.91 bits per heavy atom. The first-order valence-electron chi connectivity index (χ1n) is 10.6. The van der Waals surface area contributed by atoms with Crippen molar-refractivity contribution in [2.24, 2.45) is 0 Å². The van der Waals surface area contributed by atoms with Crippen molar-refractivity contribution in [1.29, 1.82) is 0 Å². The van der Waals surface area contributed by atoms with Gasteiger partial charge in [-0.25, -0.2) is 4.98 Å². The molecule has 1 fully saturated rings. The first kappa shape index (κ1) is 22.3. The van der Waals surface area contributed by atoms with E-state index in [1.54, 1.807) is 41.4 Å². The quantitative estimate of drug-likeness (QED) is 0.285. The fraction of sp³-hybridized carbons (Fsp3) is 0.261. The Labute approximate surface area is 203 Å². The number of amides is 1. The van der Waals surface area contributed by atoms with Crippen LogP contribution in [0, 0.1) is 24.0 Å². The van der Waals surface area contributed by atoms with E-state index in [2.05, 4.69) is 10.1 Å². The van der Waals surface area contributed by atoms with Crippen LogP contribution in [0.15, 0.2) is 40.9 Å². The topological polar surface area (TPSA) is 106 Å². The smallest absolute Gasteiger partial charge is 0.294 e. The lowest BCUT2D eigenvalue weighted by atomic mass is 10.1. The molecule has 1 saturated heterocycles. The molecule has 0 aliphatic carbocycles. The number of carbonyl (C=O) groups is 1. The zero-order valence-corrected chi connectivity index (χ0v) is 20.0. The molecule has 9 nitrogen and oxygen atoms in total. The molecular formula is C23H20ClN5O4S. The van der Waals surface area contributed by atoms with Gasteiger partial charge in [0.05, 0.1) is 32.1 Å². The molecule has 0 unspecified atom stereocenters. The van der Waals surface area contributed by atoms with Gasteiger partial charge < -0.3 is 14.3 Å². The predicted molar refractivity (Wildman–Crippen MR) is 131 cm³/mol. The maximum atomic E-state index is 13.6. The third-order valence-electron chi connectivity index (χ3n) is 5.88. The summed E-state index contributed by atoms with van der Waals surface area (Å²) in [6, 6.07) is 10.4. The van der Waals surface area contributed by atoms with Crippen LogP contribution in [0.25, 0.3) is 21.7 Å². The number of aryl methyl sites for hydroxylation is 2. The lowest BCUT2D eigenvalue weighted by molar-refractivity contribution is -0.384. The normalized spacial score (nSPS) is 14.1. The van der Waals surface area contributed by atoms with E-state index in [1.807, 2.05) is 24.0 Å². The number of fused-ring (bicyclic) bond motifs is 1. The molecule has 4 heterocycles. The van der Waals surface area contributed by atoms with Crippen LogP contribution in [-0.2, 0) is 0 Å². The summed E-state index contributed by atoms with van der Waals surface area (Å²) in [5.74, 6) is -0.140. The monoisotopic (exact) mass is 497 g/mol. The van der Waals surface area contributed by atoms with Gasteiger partial charge in [0, 0.05) is 42.1 Å². The van der Waals surface area contributed by atoms with Crippen LogP contribution < -0.4 is 4.90 Å². The third kappa shape index (κ3) is 3.99. The zero-order chi connectivity index (χ0) is 24.0. The Balaban J connectivity index is 1.43. The van der Waals surface area contributed by atoms with Gasteiger partial charge in [0.2, 0.25) is 0 Å². The van der Waals surface area contributed by atoms with Crippen molar-refractivity contribution >= 4 is 51.3 Å². The summed E-state index contributed by atoms with van der Waals surface area (Å²) in [5, 5.41) is 16.4. The van der Waals surface area contributed by atoms with E-state index in [0.29, 0.717) is 64.9 Å². The highest BCUT2D eigenvalue weighted by molar-refractivity contribution is 7.15. The van der Waals surface area contributed by atoms with Gasteiger partial charge in [-0.3, -0.25) is 14.9 Å². The number of benzene rings is 1. The minimum Gasteiger partial charge on any atom is -0.362 e.